The Balaban J connectivity index is 1.88. The molecule has 0 amide bonds. The first-order valence-electron chi connectivity index (χ1n) is 8.12. The van der Waals surface area contributed by atoms with Crippen LogP contribution in [0.5, 0.6) is 0 Å². The molecule has 118 valence electrons. The first kappa shape index (κ1) is 16.0. The van der Waals surface area contributed by atoms with E-state index in [0.29, 0.717) is 6.61 Å². The van der Waals surface area contributed by atoms with Crippen LogP contribution in [0.4, 0.5) is 0 Å². The van der Waals surface area contributed by atoms with Crippen molar-refractivity contribution in [1.29, 1.82) is 0 Å². The topological polar surface area (TPSA) is 47.4 Å². The van der Waals surface area contributed by atoms with E-state index < -0.39 is 0 Å². The van der Waals surface area contributed by atoms with Gasteiger partial charge < -0.3 is 4.74 Å². The molecule has 1 aromatic rings. The van der Waals surface area contributed by atoms with Crippen molar-refractivity contribution < 1.29 is 9.53 Å². The predicted octanol–water partition coefficient (Wildman–Crippen LogP) is 2.24. The minimum Gasteiger partial charge on any atom is -0.466 e. The van der Waals surface area contributed by atoms with Gasteiger partial charge in [-0.1, -0.05) is 6.92 Å². The molecule has 0 spiro atoms. The van der Waals surface area contributed by atoms with Gasteiger partial charge in [-0.25, -0.2) is 0 Å². The zero-order valence-electron chi connectivity index (χ0n) is 13.5. The van der Waals surface area contributed by atoms with Gasteiger partial charge in [0, 0.05) is 13.1 Å². The van der Waals surface area contributed by atoms with Gasteiger partial charge in [-0.15, -0.1) is 0 Å². The standard InChI is InChI=1S/C16H27N3O2/c1-4-14-11-15(19(5-2)17-14)12-18-9-7-13(8-10-18)16(20)21-6-3/h11,13H,4-10,12H2,1-3H3. The molecule has 0 atom stereocenters. The van der Waals surface area contributed by atoms with Gasteiger partial charge in [0.1, 0.15) is 0 Å². The number of piperidine rings is 1. The molecule has 1 aromatic heterocycles. The fourth-order valence-electron chi connectivity index (χ4n) is 2.90. The van der Waals surface area contributed by atoms with Gasteiger partial charge in [0.15, 0.2) is 0 Å². The molecule has 0 aliphatic carbocycles. The van der Waals surface area contributed by atoms with Gasteiger partial charge in [0.2, 0.25) is 0 Å². The van der Waals surface area contributed by atoms with Gasteiger partial charge >= 0.3 is 5.97 Å². The highest BCUT2D eigenvalue weighted by atomic mass is 16.5. The monoisotopic (exact) mass is 293 g/mol. The first-order chi connectivity index (χ1) is 10.2. The molecule has 5 nitrogen and oxygen atoms in total. The number of rotatable bonds is 6. The van der Waals surface area contributed by atoms with Crippen LogP contribution in [0.1, 0.15) is 45.0 Å². The molecule has 1 saturated heterocycles. The second-order valence-corrected chi connectivity index (χ2v) is 5.60. The Kier molecular flexibility index (Phi) is 5.79. The fourth-order valence-corrected chi connectivity index (χ4v) is 2.90. The summed E-state index contributed by atoms with van der Waals surface area (Å²) < 4.78 is 7.21. The fraction of sp³-hybridized carbons (Fsp3) is 0.750. The van der Waals surface area contributed by atoms with E-state index in [2.05, 4.69) is 34.6 Å². The molecule has 5 heteroatoms. The average molecular weight is 293 g/mol. The molecule has 0 N–H and O–H groups in total. The second-order valence-electron chi connectivity index (χ2n) is 5.60. The lowest BCUT2D eigenvalue weighted by Gasteiger charge is -2.30. The van der Waals surface area contributed by atoms with Crippen LogP contribution < -0.4 is 0 Å². The van der Waals surface area contributed by atoms with Crippen molar-refractivity contribution in [3.05, 3.63) is 17.5 Å². The van der Waals surface area contributed by atoms with Crippen LogP contribution >= 0.6 is 0 Å². The van der Waals surface area contributed by atoms with Crippen molar-refractivity contribution in [2.24, 2.45) is 5.92 Å². The normalized spacial score (nSPS) is 17.1. The Labute approximate surface area is 127 Å². The zero-order chi connectivity index (χ0) is 15.2. The number of hydrogen-bond donors (Lipinski definition) is 0. The third kappa shape index (κ3) is 4.06. The van der Waals surface area contributed by atoms with Gasteiger partial charge in [0.25, 0.3) is 0 Å². The summed E-state index contributed by atoms with van der Waals surface area (Å²) >= 11 is 0. The Bertz CT molecular complexity index is 462. The smallest absolute Gasteiger partial charge is 0.309 e. The maximum Gasteiger partial charge on any atom is 0.309 e. The quantitative estimate of drug-likeness (QED) is 0.755. The van der Waals surface area contributed by atoms with E-state index in [0.717, 1.165) is 51.1 Å². The third-order valence-corrected chi connectivity index (χ3v) is 4.17. The summed E-state index contributed by atoms with van der Waals surface area (Å²) in [6, 6.07) is 2.21. The molecule has 0 saturated carbocycles. The van der Waals surface area contributed by atoms with E-state index in [9.17, 15) is 4.79 Å². The molecule has 0 radical (unpaired) electrons. The minimum absolute atomic E-state index is 0.0241. The van der Waals surface area contributed by atoms with Crippen molar-refractivity contribution in [2.75, 3.05) is 19.7 Å². The van der Waals surface area contributed by atoms with E-state index in [1.807, 2.05) is 6.92 Å². The molecule has 1 aliphatic heterocycles. The van der Waals surface area contributed by atoms with E-state index in [4.69, 9.17) is 4.74 Å². The van der Waals surface area contributed by atoms with Crippen LogP contribution in [-0.2, 0) is 29.0 Å². The SMILES string of the molecule is CCOC(=O)C1CCN(Cc2cc(CC)nn2CC)CC1. The predicted molar refractivity (Wildman–Crippen MR) is 81.9 cm³/mol. The number of esters is 1. The molecule has 1 aliphatic rings. The van der Waals surface area contributed by atoms with Crippen molar-refractivity contribution in [2.45, 2.75) is 53.1 Å². The second kappa shape index (κ2) is 7.59. The number of nitrogens with zero attached hydrogens (tertiary/aromatic N) is 3. The highest BCUT2D eigenvalue weighted by Gasteiger charge is 2.26. The maximum atomic E-state index is 11.8. The summed E-state index contributed by atoms with van der Waals surface area (Å²) in [6.45, 7) is 10.4. The summed E-state index contributed by atoms with van der Waals surface area (Å²) in [7, 11) is 0. The lowest BCUT2D eigenvalue weighted by molar-refractivity contribution is -0.149. The number of carbonyl (C=O) groups excluding carboxylic acids is 1. The molecule has 2 heterocycles. The van der Waals surface area contributed by atoms with Crippen LogP contribution in [0.25, 0.3) is 0 Å². The molecule has 21 heavy (non-hydrogen) atoms. The lowest BCUT2D eigenvalue weighted by Crippen LogP contribution is -2.37. The summed E-state index contributed by atoms with van der Waals surface area (Å²) in [5.41, 5.74) is 2.44. The highest BCUT2D eigenvalue weighted by molar-refractivity contribution is 5.72. The minimum atomic E-state index is -0.0241. The largest absolute Gasteiger partial charge is 0.466 e. The van der Waals surface area contributed by atoms with Crippen LogP contribution in [0.2, 0.25) is 0 Å². The number of hydrogen-bond acceptors (Lipinski definition) is 4. The molecule has 0 bridgehead atoms. The van der Waals surface area contributed by atoms with E-state index in [1.165, 1.54) is 5.69 Å². The lowest BCUT2D eigenvalue weighted by atomic mass is 9.97. The first-order valence-corrected chi connectivity index (χ1v) is 8.12. The zero-order valence-corrected chi connectivity index (χ0v) is 13.5. The van der Waals surface area contributed by atoms with Gasteiger partial charge in [-0.05, 0) is 52.3 Å². The van der Waals surface area contributed by atoms with E-state index >= 15 is 0 Å². The Morgan fingerprint density at radius 1 is 1.33 bits per heavy atom. The number of aromatic nitrogens is 2. The number of carbonyl (C=O) groups is 1. The Hall–Kier alpha value is -1.36. The van der Waals surface area contributed by atoms with Crippen molar-refractivity contribution in [3.63, 3.8) is 0 Å². The van der Waals surface area contributed by atoms with Gasteiger partial charge in [-0.2, -0.15) is 5.10 Å². The highest BCUT2D eigenvalue weighted by Crippen LogP contribution is 2.20. The van der Waals surface area contributed by atoms with Crippen LogP contribution in [0.15, 0.2) is 6.07 Å². The van der Waals surface area contributed by atoms with Gasteiger partial charge in [-0.3, -0.25) is 14.4 Å². The van der Waals surface area contributed by atoms with E-state index in [1.54, 1.807) is 0 Å². The van der Waals surface area contributed by atoms with Gasteiger partial charge in [0.05, 0.1) is 23.9 Å². The molecular weight excluding hydrogens is 266 g/mol. The van der Waals surface area contributed by atoms with Crippen LogP contribution in [-0.4, -0.2) is 40.3 Å². The number of likely N-dealkylation sites (tertiary alicyclic amines) is 1. The Morgan fingerprint density at radius 3 is 2.62 bits per heavy atom. The molecular formula is C16H27N3O2. The maximum absolute atomic E-state index is 11.8. The summed E-state index contributed by atoms with van der Waals surface area (Å²) in [6.07, 6.45) is 2.78. The summed E-state index contributed by atoms with van der Waals surface area (Å²) in [5, 5.41) is 4.60. The average Bonchev–Trinajstić information content (AvgIpc) is 2.90. The van der Waals surface area contributed by atoms with E-state index in [-0.39, 0.29) is 11.9 Å². The summed E-state index contributed by atoms with van der Waals surface area (Å²) in [4.78, 5) is 14.2. The molecule has 2 rings (SSSR count). The van der Waals surface area contributed by atoms with Crippen LogP contribution in [0.3, 0.4) is 0 Å². The Morgan fingerprint density at radius 2 is 2.05 bits per heavy atom. The third-order valence-electron chi connectivity index (χ3n) is 4.17. The molecule has 1 fully saturated rings. The van der Waals surface area contributed by atoms with Crippen molar-refractivity contribution in [1.82, 2.24) is 14.7 Å². The summed E-state index contributed by atoms with van der Waals surface area (Å²) in [5.74, 6) is 0.0625. The van der Waals surface area contributed by atoms with Crippen molar-refractivity contribution in [3.8, 4) is 0 Å². The van der Waals surface area contributed by atoms with Crippen LogP contribution in [0, 0.1) is 5.92 Å². The van der Waals surface area contributed by atoms with Crippen molar-refractivity contribution >= 4 is 5.97 Å². The number of ether oxygens (including phenoxy) is 1. The molecule has 0 unspecified atom stereocenters. The number of aryl methyl sites for hydroxylation is 2. The molecule has 0 aromatic carbocycles.